The average Bonchev–Trinajstić information content (AvgIpc) is 2.87. The second-order valence-electron chi connectivity index (χ2n) is 4.56. The van der Waals surface area contributed by atoms with Crippen LogP contribution in [0, 0.1) is 6.92 Å². The molecule has 0 atom stereocenters. The fourth-order valence-electron chi connectivity index (χ4n) is 2.07. The third-order valence-electron chi connectivity index (χ3n) is 3.11. The van der Waals surface area contributed by atoms with E-state index in [2.05, 4.69) is 14.7 Å². The second-order valence-corrected chi connectivity index (χ2v) is 5.79. The number of aromatic amines is 1. The lowest BCUT2D eigenvalue weighted by Gasteiger charge is -2.03. The van der Waals surface area contributed by atoms with Gasteiger partial charge in [-0.25, -0.2) is 9.78 Å². The van der Waals surface area contributed by atoms with Gasteiger partial charge < -0.3 is 9.72 Å². The SMILES string of the molecule is COC(=O)c1ccc(-c2nc3sc(C)cc3c(=O)[nH]2)cc1. The van der Waals surface area contributed by atoms with E-state index in [9.17, 15) is 9.59 Å². The molecule has 3 aromatic rings. The number of H-pyrrole nitrogens is 1. The molecule has 6 heteroatoms. The maximum atomic E-state index is 12.0. The number of carbonyl (C=O) groups is 1. The van der Waals surface area contributed by atoms with Crippen molar-refractivity contribution in [2.75, 3.05) is 7.11 Å². The van der Waals surface area contributed by atoms with Gasteiger partial charge in [-0.15, -0.1) is 11.3 Å². The molecule has 0 bridgehead atoms. The Kier molecular flexibility index (Phi) is 3.31. The summed E-state index contributed by atoms with van der Waals surface area (Å²) in [6.45, 7) is 1.94. The summed E-state index contributed by atoms with van der Waals surface area (Å²) in [6.07, 6.45) is 0. The molecule has 0 fully saturated rings. The molecule has 0 radical (unpaired) electrons. The predicted molar refractivity (Wildman–Crippen MR) is 81.8 cm³/mol. The minimum absolute atomic E-state index is 0.156. The van der Waals surface area contributed by atoms with E-state index in [1.165, 1.54) is 18.4 Å². The van der Waals surface area contributed by atoms with Crippen molar-refractivity contribution in [2.24, 2.45) is 0 Å². The summed E-state index contributed by atoms with van der Waals surface area (Å²) in [7, 11) is 1.34. The Hall–Kier alpha value is -2.47. The number of nitrogens with zero attached hydrogens (tertiary/aromatic N) is 1. The molecule has 0 aliphatic rings. The van der Waals surface area contributed by atoms with Crippen molar-refractivity contribution in [3.05, 3.63) is 51.1 Å². The highest BCUT2D eigenvalue weighted by molar-refractivity contribution is 7.18. The van der Waals surface area contributed by atoms with Gasteiger partial charge in [0.15, 0.2) is 0 Å². The van der Waals surface area contributed by atoms with Gasteiger partial charge in [0, 0.05) is 10.4 Å². The van der Waals surface area contributed by atoms with E-state index in [4.69, 9.17) is 0 Å². The first-order valence-electron chi connectivity index (χ1n) is 6.27. The molecule has 0 spiro atoms. The maximum Gasteiger partial charge on any atom is 0.337 e. The lowest BCUT2D eigenvalue weighted by Crippen LogP contribution is -2.08. The van der Waals surface area contributed by atoms with Crippen LogP contribution in [0.15, 0.2) is 35.1 Å². The summed E-state index contributed by atoms with van der Waals surface area (Å²) in [5.74, 6) is 0.0955. The number of nitrogens with one attached hydrogen (secondary N) is 1. The number of rotatable bonds is 2. The molecule has 0 amide bonds. The van der Waals surface area contributed by atoms with Gasteiger partial charge in [-0.2, -0.15) is 0 Å². The molecule has 1 aromatic carbocycles. The first kappa shape index (κ1) is 13.5. The van der Waals surface area contributed by atoms with E-state index >= 15 is 0 Å². The van der Waals surface area contributed by atoms with E-state index in [1.807, 2.05) is 13.0 Å². The van der Waals surface area contributed by atoms with E-state index in [-0.39, 0.29) is 5.56 Å². The van der Waals surface area contributed by atoms with E-state index in [1.54, 1.807) is 24.3 Å². The molecular weight excluding hydrogens is 288 g/mol. The summed E-state index contributed by atoms with van der Waals surface area (Å²) in [4.78, 5) is 32.4. The Morgan fingerprint density at radius 1 is 1.29 bits per heavy atom. The Morgan fingerprint density at radius 3 is 2.67 bits per heavy atom. The number of aromatic nitrogens is 2. The van der Waals surface area contributed by atoms with E-state index in [0.29, 0.717) is 21.6 Å². The molecule has 2 heterocycles. The van der Waals surface area contributed by atoms with Crippen LogP contribution in [0.25, 0.3) is 21.6 Å². The highest BCUT2D eigenvalue weighted by Gasteiger charge is 2.10. The van der Waals surface area contributed by atoms with E-state index < -0.39 is 5.97 Å². The lowest BCUT2D eigenvalue weighted by atomic mass is 10.1. The second kappa shape index (κ2) is 5.14. The van der Waals surface area contributed by atoms with Crippen LogP contribution in [0.3, 0.4) is 0 Å². The van der Waals surface area contributed by atoms with Crippen LogP contribution >= 0.6 is 11.3 Å². The largest absolute Gasteiger partial charge is 0.465 e. The van der Waals surface area contributed by atoms with Gasteiger partial charge in [-0.3, -0.25) is 4.79 Å². The number of benzene rings is 1. The van der Waals surface area contributed by atoms with Crippen molar-refractivity contribution in [3.63, 3.8) is 0 Å². The molecule has 21 heavy (non-hydrogen) atoms. The van der Waals surface area contributed by atoms with Crippen LogP contribution in [0.1, 0.15) is 15.2 Å². The third-order valence-corrected chi connectivity index (χ3v) is 4.05. The quantitative estimate of drug-likeness (QED) is 0.739. The maximum absolute atomic E-state index is 12.0. The van der Waals surface area contributed by atoms with Crippen molar-refractivity contribution in [3.8, 4) is 11.4 Å². The fourth-order valence-corrected chi connectivity index (χ4v) is 2.95. The molecule has 1 N–H and O–H groups in total. The van der Waals surface area contributed by atoms with Crippen molar-refractivity contribution in [1.29, 1.82) is 0 Å². The van der Waals surface area contributed by atoms with E-state index in [0.717, 1.165) is 10.4 Å². The van der Waals surface area contributed by atoms with Gasteiger partial charge in [0.05, 0.1) is 18.1 Å². The Bertz CT molecular complexity index is 878. The van der Waals surface area contributed by atoms with Crippen molar-refractivity contribution in [2.45, 2.75) is 6.92 Å². The zero-order valence-electron chi connectivity index (χ0n) is 11.5. The molecule has 3 rings (SSSR count). The summed E-state index contributed by atoms with van der Waals surface area (Å²) in [5.41, 5.74) is 1.04. The standard InChI is InChI=1S/C15H12N2O3S/c1-8-7-11-13(18)16-12(17-14(11)21-8)9-3-5-10(6-4-9)15(19)20-2/h3-7H,1-2H3,(H,16,17,18). The third kappa shape index (κ3) is 2.45. The highest BCUT2D eigenvalue weighted by Crippen LogP contribution is 2.23. The first-order valence-corrected chi connectivity index (χ1v) is 7.09. The topological polar surface area (TPSA) is 72.0 Å². The van der Waals surface area contributed by atoms with Crippen LogP contribution in [0.4, 0.5) is 0 Å². The number of aryl methyl sites for hydroxylation is 1. The number of thiophene rings is 1. The number of methoxy groups -OCH3 is 1. The molecule has 0 unspecified atom stereocenters. The van der Waals surface area contributed by atoms with Gasteiger partial charge >= 0.3 is 5.97 Å². The molecule has 0 aliphatic carbocycles. The molecule has 0 saturated carbocycles. The Morgan fingerprint density at radius 2 is 2.00 bits per heavy atom. The number of carbonyl (C=O) groups excluding carboxylic acids is 1. The molecule has 106 valence electrons. The highest BCUT2D eigenvalue weighted by atomic mass is 32.1. The normalized spacial score (nSPS) is 10.8. The Balaban J connectivity index is 2.07. The first-order chi connectivity index (χ1) is 10.1. The van der Waals surface area contributed by atoms with Crippen molar-refractivity contribution < 1.29 is 9.53 Å². The van der Waals surface area contributed by atoms with Crippen molar-refractivity contribution in [1.82, 2.24) is 9.97 Å². The summed E-state index contributed by atoms with van der Waals surface area (Å²) >= 11 is 1.48. The van der Waals surface area contributed by atoms with Crippen LogP contribution in [0.2, 0.25) is 0 Å². The minimum atomic E-state index is -0.396. The molecule has 5 nitrogen and oxygen atoms in total. The summed E-state index contributed by atoms with van der Waals surface area (Å²) in [6, 6.07) is 8.58. The van der Waals surface area contributed by atoms with Gasteiger partial charge in [0.1, 0.15) is 10.7 Å². The predicted octanol–water partition coefficient (Wildman–Crippen LogP) is 2.75. The van der Waals surface area contributed by atoms with Crippen molar-refractivity contribution >= 4 is 27.5 Å². The van der Waals surface area contributed by atoms with Crippen LogP contribution in [-0.2, 0) is 4.74 Å². The zero-order chi connectivity index (χ0) is 15.0. The smallest absolute Gasteiger partial charge is 0.337 e. The van der Waals surface area contributed by atoms with Gasteiger partial charge in [0.2, 0.25) is 0 Å². The number of esters is 1. The molecule has 2 aromatic heterocycles. The number of fused-ring (bicyclic) bond motifs is 1. The Labute approximate surface area is 124 Å². The zero-order valence-corrected chi connectivity index (χ0v) is 12.3. The van der Waals surface area contributed by atoms with Crippen LogP contribution in [0.5, 0.6) is 0 Å². The summed E-state index contributed by atoms with van der Waals surface area (Å²) in [5, 5.41) is 0.604. The molecule has 0 aliphatic heterocycles. The lowest BCUT2D eigenvalue weighted by molar-refractivity contribution is 0.0601. The monoisotopic (exact) mass is 300 g/mol. The fraction of sp³-hybridized carbons (Fsp3) is 0.133. The molecular formula is C15H12N2O3S. The van der Waals surface area contributed by atoms with Gasteiger partial charge in [0.25, 0.3) is 5.56 Å². The number of hydrogen-bond acceptors (Lipinski definition) is 5. The average molecular weight is 300 g/mol. The summed E-state index contributed by atoms with van der Waals surface area (Å²) < 4.78 is 4.65. The number of hydrogen-bond donors (Lipinski definition) is 1. The van der Waals surface area contributed by atoms with Gasteiger partial charge in [-0.05, 0) is 25.1 Å². The van der Waals surface area contributed by atoms with Gasteiger partial charge in [-0.1, -0.05) is 12.1 Å². The number of ether oxygens (including phenoxy) is 1. The van der Waals surface area contributed by atoms with Crippen LogP contribution < -0.4 is 5.56 Å². The minimum Gasteiger partial charge on any atom is -0.465 e. The van der Waals surface area contributed by atoms with Crippen LogP contribution in [-0.4, -0.2) is 23.0 Å². The molecule has 0 saturated heterocycles.